The highest BCUT2D eigenvalue weighted by Crippen LogP contribution is 2.16. The number of nitrogens with one attached hydrogen (secondary N) is 2. The van der Waals surface area contributed by atoms with E-state index >= 15 is 0 Å². The van der Waals surface area contributed by atoms with Gasteiger partial charge in [-0.25, -0.2) is 0 Å². The van der Waals surface area contributed by atoms with E-state index in [9.17, 15) is 0 Å². The van der Waals surface area contributed by atoms with Crippen LogP contribution in [0.1, 0.15) is 27.7 Å². The van der Waals surface area contributed by atoms with Gasteiger partial charge in [0.25, 0.3) is 0 Å². The van der Waals surface area contributed by atoms with Gasteiger partial charge in [0.05, 0.1) is 26.4 Å². The van der Waals surface area contributed by atoms with Crippen molar-refractivity contribution in [1.29, 1.82) is 0 Å². The summed E-state index contributed by atoms with van der Waals surface area (Å²) in [4.78, 5) is 7.16. The van der Waals surface area contributed by atoms with Crippen molar-refractivity contribution in [3.8, 4) is 0 Å². The SMILES string of the molecule is CCNC(=NCC(C)(C)N1CCOCC1)NCCOCC.I. The van der Waals surface area contributed by atoms with Crippen LogP contribution in [0.15, 0.2) is 4.99 Å². The van der Waals surface area contributed by atoms with Crippen LogP contribution in [0.2, 0.25) is 0 Å². The van der Waals surface area contributed by atoms with E-state index in [1.807, 2.05) is 6.92 Å². The van der Waals surface area contributed by atoms with Crippen LogP contribution in [0.25, 0.3) is 0 Å². The van der Waals surface area contributed by atoms with E-state index in [4.69, 9.17) is 14.5 Å². The van der Waals surface area contributed by atoms with Crippen LogP contribution >= 0.6 is 24.0 Å². The lowest BCUT2D eigenvalue weighted by atomic mass is 10.0. The lowest BCUT2D eigenvalue weighted by molar-refractivity contribution is -0.00684. The van der Waals surface area contributed by atoms with Gasteiger partial charge in [0.2, 0.25) is 0 Å². The van der Waals surface area contributed by atoms with Crippen LogP contribution in [0.4, 0.5) is 0 Å². The van der Waals surface area contributed by atoms with Crippen molar-refractivity contribution in [2.24, 2.45) is 4.99 Å². The molecule has 0 aromatic rings. The molecule has 1 aliphatic heterocycles. The highest BCUT2D eigenvalue weighted by Gasteiger charge is 2.27. The van der Waals surface area contributed by atoms with E-state index in [1.165, 1.54) is 0 Å². The van der Waals surface area contributed by atoms with Gasteiger partial charge >= 0.3 is 0 Å². The van der Waals surface area contributed by atoms with Gasteiger partial charge in [-0.05, 0) is 27.7 Å². The fourth-order valence-electron chi connectivity index (χ4n) is 2.27. The summed E-state index contributed by atoms with van der Waals surface area (Å²) in [7, 11) is 0. The van der Waals surface area contributed by atoms with Crippen molar-refractivity contribution in [3.63, 3.8) is 0 Å². The molecule has 6 nitrogen and oxygen atoms in total. The van der Waals surface area contributed by atoms with Crippen LogP contribution in [0, 0.1) is 0 Å². The molecular weight excluding hydrogens is 395 g/mol. The van der Waals surface area contributed by atoms with E-state index in [-0.39, 0.29) is 29.5 Å². The first-order valence-corrected chi connectivity index (χ1v) is 8.03. The van der Waals surface area contributed by atoms with Gasteiger partial charge in [0.15, 0.2) is 5.96 Å². The van der Waals surface area contributed by atoms with Gasteiger partial charge < -0.3 is 20.1 Å². The van der Waals surface area contributed by atoms with Gasteiger partial charge in [-0.2, -0.15) is 0 Å². The molecule has 0 saturated carbocycles. The van der Waals surface area contributed by atoms with Crippen LogP contribution < -0.4 is 10.6 Å². The number of halogens is 1. The zero-order valence-electron chi connectivity index (χ0n) is 14.5. The van der Waals surface area contributed by atoms with Crippen LogP contribution in [0.3, 0.4) is 0 Å². The van der Waals surface area contributed by atoms with E-state index in [2.05, 4.69) is 36.3 Å². The fourth-order valence-corrected chi connectivity index (χ4v) is 2.27. The molecule has 132 valence electrons. The Morgan fingerprint density at radius 1 is 1.23 bits per heavy atom. The summed E-state index contributed by atoms with van der Waals surface area (Å²) in [5, 5.41) is 6.58. The molecule has 1 heterocycles. The zero-order valence-corrected chi connectivity index (χ0v) is 16.8. The van der Waals surface area contributed by atoms with Crippen molar-refractivity contribution in [2.75, 3.05) is 59.2 Å². The molecule has 0 aromatic carbocycles. The summed E-state index contributed by atoms with van der Waals surface area (Å²) in [5.74, 6) is 0.860. The monoisotopic (exact) mass is 428 g/mol. The molecule has 2 N–H and O–H groups in total. The first-order chi connectivity index (χ1) is 10.1. The van der Waals surface area contributed by atoms with Crippen LogP contribution in [-0.4, -0.2) is 75.5 Å². The second kappa shape index (κ2) is 12.3. The largest absolute Gasteiger partial charge is 0.380 e. The standard InChI is InChI=1S/C15H32N4O2.HI/c1-5-16-14(17-7-10-20-6-2)18-13-15(3,4)19-8-11-21-12-9-19;/h5-13H2,1-4H3,(H2,16,17,18);1H. The first-order valence-electron chi connectivity index (χ1n) is 8.03. The lowest BCUT2D eigenvalue weighted by Crippen LogP contribution is -2.52. The molecule has 1 fully saturated rings. The summed E-state index contributed by atoms with van der Waals surface area (Å²) in [6.45, 7) is 16.0. The average Bonchev–Trinajstić information content (AvgIpc) is 2.50. The predicted octanol–water partition coefficient (Wildman–Crippen LogP) is 1.31. The minimum atomic E-state index is 0. The lowest BCUT2D eigenvalue weighted by Gasteiger charge is -2.39. The molecule has 7 heteroatoms. The van der Waals surface area contributed by atoms with Gasteiger partial charge in [-0.3, -0.25) is 9.89 Å². The Kier molecular flexibility index (Phi) is 12.3. The summed E-state index contributed by atoms with van der Waals surface area (Å²) in [6.07, 6.45) is 0. The molecule has 0 bridgehead atoms. The normalized spacial score (nSPS) is 17.0. The van der Waals surface area contributed by atoms with Crippen molar-refractivity contribution in [1.82, 2.24) is 15.5 Å². The minimum absolute atomic E-state index is 0. The zero-order chi connectivity index (χ0) is 15.6. The Morgan fingerprint density at radius 2 is 1.91 bits per heavy atom. The number of hydrogen-bond donors (Lipinski definition) is 2. The van der Waals surface area contributed by atoms with Crippen molar-refractivity contribution in [3.05, 3.63) is 0 Å². The van der Waals surface area contributed by atoms with Crippen molar-refractivity contribution < 1.29 is 9.47 Å². The van der Waals surface area contributed by atoms with E-state index in [1.54, 1.807) is 0 Å². The second-order valence-corrected chi connectivity index (χ2v) is 5.73. The van der Waals surface area contributed by atoms with E-state index in [0.717, 1.165) is 58.5 Å². The molecule has 0 spiro atoms. The number of hydrogen-bond acceptors (Lipinski definition) is 4. The number of aliphatic imine (C=N–C) groups is 1. The quantitative estimate of drug-likeness (QED) is 0.264. The van der Waals surface area contributed by atoms with Gasteiger partial charge in [-0.1, -0.05) is 0 Å². The Labute approximate surface area is 152 Å². The molecule has 22 heavy (non-hydrogen) atoms. The maximum Gasteiger partial charge on any atom is 0.191 e. The number of rotatable bonds is 8. The maximum atomic E-state index is 5.42. The van der Waals surface area contributed by atoms with E-state index in [0.29, 0.717) is 6.61 Å². The Hall–Kier alpha value is -0.120. The summed E-state index contributed by atoms with van der Waals surface area (Å²) in [5.41, 5.74) is 0.0477. The average molecular weight is 428 g/mol. The van der Waals surface area contributed by atoms with Crippen molar-refractivity contribution in [2.45, 2.75) is 33.2 Å². The van der Waals surface area contributed by atoms with E-state index < -0.39 is 0 Å². The van der Waals surface area contributed by atoms with Crippen LogP contribution in [-0.2, 0) is 9.47 Å². The third kappa shape index (κ3) is 8.50. The molecule has 1 saturated heterocycles. The molecule has 1 rings (SSSR count). The van der Waals surface area contributed by atoms with Gasteiger partial charge in [0, 0.05) is 38.3 Å². The number of guanidine groups is 1. The summed E-state index contributed by atoms with van der Waals surface area (Å²) < 4.78 is 10.8. The summed E-state index contributed by atoms with van der Waals surface area (Å²) in [6, 6.07) is 0. The number of nitrogens with zero attached hydrogens (tertiary/aromatic N) is 2. The molecule has 0 aliphatic carbocycles. The maximum absolute atomic E-state index is 5.42. The molecule has 0 radical (unpaired) electrons. The minimum Gasteiger partial charge on any atom is -0.380 e. The highest BCUT2D eigenvalue weighted by molar-refractivity contribution is 14.0. The van der Waals surface area contributed by atoms with Gasteiger partial charge in [-0.15, -0.1) is 24.0 Å². The number of morpholine rings is 1. The first kappa shape index (κ1) is 21.9. The third-order valence-corrected chi connectivity index (χ3v) is 3.58. The molecule has 1 aliphatic rings. The van der Waals surface area contributed by atoms with Crippen LogP contribution in [0.5, 0.6) is 0 Å². The van der Waals surface area contributed by atoms with Gasteiger partial charge in [0.1, 0.15) is 0 Å². The smallest absolute Gasteiger partial charge is 0.191 e. The second-order valence-electron chi connectivity index (χ2n) is 5.73. The third-order valence-electron chi connectivity index (χ3n) is 3.58. The molecular formula is C15H33IN4O2. The Balaban J connectivity index is 0.00000441. The number of ether oxygens (including phenoxy) is 2. The Morgan fingerprint density at radius 3 is 2.50 bits per heavy atom. The van der Waals surface area contributed by atoms with Crippen molar-refractivity contribution >= 4 is 29.9 Å². The molecule has 0 aromatic heterocycles. The molecule has 0 amide bonds. The highest BCUT2D eigenvalue weighted by atomic mass is 127. The molecule has 0 atom stereocenters. The Bertz CT molecular complexity index is 308. The fraction of sp³-hybridized carbons (Fsp3) is 0.933. The topological polar surface area (TPSA) is 58.1 Å². The molecule has 0 unspecified atom stereocenters. The predicted molar refractivity (Wildman–Crippen MR) is 102 cm³/mol. The summed E-state index contributed by atoms with van der Waals surface area (Å²) >= 11 is 0.